The van der Waals surface area contributed by atoms with Gasteiger partial charge in [0.2, 0.25) is 0 Å². The van der Waals surface area contributed by atoms with Gasteiger partial charge in [-0.15, -0.1) is 0 Å². The lowest BCUT2D eigenvalue weighted by molar-refractivity contribution is -0.116. The lowest BCUT2D eigenvalue weighted by atomic mass is 9.78. The molecule has 1 N–H and O–H groups in total. The van der Waals surface area contributed by atoms with Crippen LogP contribution < -0.4 is 0 Å². The van der Waals surface area contributed by atoms with Gasteiger partial charge in [-0.25, -0.2) is 0 Å². The highest BCUT2D eigenvalue weighted by Crippen LogP contribution is 2.39. The van der Waals surface area contributed by atoms with E-state index < -0.39 is 0 Å². The maximum atomic E-state index is 11.2. The van der Waals surface area contributed by atoms with Crippen molar-refractivity contribution in [2.24, 2.45) is 0 Å². The molecule has 0 aromatic heterocycles. The first-order valence-electron chi connectivity index (χ1n) is 7.29. The number of aromatic hydroxyl groups is 1. The summed E-state index contributed by atoms with van der Waals surface area (Å²) < 4.78 is 0. The van der Waals surface area contributed by atoms with Crippen LogP contribution in [-0.2, 0) is 22.0 Å². The molecule has 1 aromatic rings. The standard InChI is InChI=1S/C18H28O2.CH4/c1-12(19)8-9-13-10-14(17(2,3)4)16(20)15(11-13)18(5,6)7;/h10-11,20H,8-9H2,1-7H3;1H4. The Morgan fingerprint density at radius 3 is 1.67 bits per heavy atom. The van der Waals surface area contributed by atoms with Crippen molar-refractivity contribution in [3.63, 3.8) is 0 Å². The fraction of sp³-hybridized carbons (Fsp3) is 0.632. The quantitative estimate of drug-likeness (QED) is 0.837. The molecule has 0 fully saturated rings. The van der Waals surface area contributed by atoms with Crippen LogP contribution in [0.25, 0.3) is 0 Å². The Balaban J connectivity index is 0.00000400. The van der Waals surface area contributed by atoms with Gasteiger partial charge in [-0.05, 0) is 40.9 Å². The Bertz CT molecular complexity index is 464. The normalized spacial score (nSPS) is 12.0. The van der Waals surface area contributed by atoms with Gasteiger partial charge in [0.25, 0.3) is 0 Å². The summed E-state index contributed by atoms with van der Waals surface area (Å²) in [6.45, 7) is 14.2. The van der Waals surface area contributed by atoms with Crippen LogP contribution in [0.5, 0.6) is 5.75 Å². The van der Waals surface area contributed by atoms with E-state index in [0.717, 1.165) is 23.1 Å². The molecule has 0 saturated carbocycles. The fourth-order valence-corrected chi connectivity index (χ4v) is 2.30. The molecule has 0 bridgehead atoms. The topological polar surface area (TPSA) is 37.3 Å². The zero-order valence-corrected chi connectivity index (χ0v) is 13.9. The van der Waals surface area contributed by atoms with Crippen molar-refractivity contribution >= 4 is 5.78 Å². The number of carbonyl (C=O) groups is 1. The number of hydrogen-bond acceptors (Lipinski definition) is 2. The molecule has 0 atom stereocenters. The molecule has 0 amide bonds. The van der Waals surface area contributed by atoms with Gasteiger partial charge >= 0.3 is 0 Å². The van der Waals surface area contributed by atoms with Crippen LogP contribution in [0.2, 0.25) is 0 Å². The zero-order valence-electron chi connectivity index (χ0n) is 13.9. The molecule has 0 aliphatic heterocycles. The Hall–Kier alpha value is -1.31. The van der Waals surface area contributed by atoms with Gasteiger partial charge in [0, 0.05) is 6.42 Å². The first-order chi connectivity index (χ1) is 8.93. The predicted molar refractivity (Wildman–Crippen MR) is 91.2 cm³/mol. The number of aryl methyl sites for hydroxylation is 1. The Morgan fingerprint density at radius 2 is 1.38 bits per heavy atom. The van der Waals surface area contributed by atoms with Gasteiger partial charge < -0.3 is 9.90 Å². The largest absolute Gasteiger partial charge is 0.507 e. The van der Waals surface area contributed by atoms with Gasteiger partial charge in [0.15, 0.2) is 0 Å². The third-order valence-corrected chi connectivity index (χ3v) is 3.55. The minimum atomic E-state index is -0.115. The van der Waals surface area contributed by atoms with Crippen molar-refractivity contribution < 1.29 is 9.90 Å². The van der Waals surface area contributed by atoms with Crippen molar-refractivity contribution in [2.45, 2.75) is 79.6 Å². The summed E-state index contributed by atoms with van der Waals surface area (Å²) in [5.74, 6) is 0.601. The van der Waals surface area contributed by atoms with Crippen LogP contribution in [-0.4, -0.2) is 10.9 Å². The molecule has 1 aromatic carbocycles. The van der Waals surface area contributed by atoms with Gasteiger partial charge in [-0.3, -0.25) is 0 Å². The smallest absolute Gasteiger partial charge is 0.130 e. The predicted octanol–water partition coefficient (Wildman–Crippen LogP) is 5.14. The number of carbonyl (C=O) groups excluding carboxylic acids is 1. The zero-order chi connectivity index (χ0) is 15.7. The SMILES string of the molecule is C.CC(=O)CCc1cc(C(C)(C)C)c(O)c(C(C)(C)C)c1. The summed E-state index contributed by atoms with van der Waals surface area (Å²) in [5.41, 5.74) is 2.83. The molecule has 2 heteroatoms. The maximum Gasteiger partial charge on any atom is 0.130 e. The monoisotopic (exact) mass is 292 g/mol. The second-order valence-electron chi connectivity index (χ2n) is 7.74. The van der Waals surface area contributed by atoms with Gasteiger partial charge in [0.05, 0.1) is 0 Å². The van der Waals surface area contributed by atoms with E-state index >= 15 is 0 Å². The highest BCUT2D eigenvalue weighted by atomic mass is 16.3. The molecule has 21 heavy (non-hydrogen) atoms. The Kier molecular flexibility index (Phi) is 6.22. The summed E-state index contributed by atoms with van der Waals surface area (Å²) in [7, 11) is 0. The summed E-state index contributed by atoms with van der Waals surface area (Å²) >= 11 is 0. The van der Waals surface area contributed by atoms with Crippen LogP contribution in [0.4, 0.5) is 0 Å². The second kappa shape index (κ2) is 6.64. The second-order valence-corrected chi connectivity index (χ2v) is 7.74. The fourth-order valence-electron chi connectivity index (χ4n) is 2.30. The summed E-state index contributed by atoms with van der Waals surface area (Å²) in [6.07, 6.45) is 1.29. The molecular formula is C19H32O2. The van der Waals surface area contributed by atoms with Crippen molar-refractivity contribution in [1.82, 2.24) is 0 Å². The van der Waals surface area contributed by atoms with Crippen molar-refractivity contribution in [2.75, 3.05) is 0 Å². The number of phenols is 1. The third-order valence-electron chi connectivity index (χ3n) is 3.55. The number of hydrogen-bond donors (Lipinski definition) is 1. The third kappa shape index (κ3) is 5.18. The lowest BCUT2D eigenvalue weighted by Crippen LogP contribution is -2.18. The lowest BCUT2D eigenvalue weighted by Gasteiger charge is -2.28. The Morgan fingerprint density at radius 1 is 1.00 bits per heavy atom. The molecule has 0 spiro atoms. The molecule has 0 radical (unpaired) electrons. The minimum absolute atomic E-state index is 0. The molecule has 0 heterocycles. The van der Waals surface area contributed by atoms with Crippen LogP contribution in [0.15, 0.2) is 12.1 Å². The molecule has 0 aliphatic rings. The van der Waals surface area contributed by atoms with E-state index in [4.69, 9.17) is 0 Å². The van der Waals surface area contributed by atoms with Gasteiger partial charge in [-0.2, -0.15) is 0 Å². The summed E-state index contributed by atoms with van der Waals surface area (Å²) in [6, 6.07) is 4.10. The first kappa shape index (κ1) is 19.7. The molecule has 0 unspecified atom stereocenters. The molecule has 1 rings (SSSR count). The van der Waals surface area contributed by atoms with E-state index in [-0.39, 0.29) is 24.0 Å². The van der Waals surface area contributed by atoms with Crippen LogP contribution in [0.1, 0.15) is 79.0 Å². The minimum Gasteiger partial charge on any atom is -0.507 e. The van der Waals surface area contributed by atoms with Crippen LogP contribution in [0, 0.1) is 0 Å². The molecule has 0 saturated heterocycles. The van der Waals surface area contributed by atoms with E-state index in [1.807, 2.05) is 12.1 Å². The molecule has 120 valence electrons. The summed E-state index contributed by atoms with van der Waals surface area (Å²) in [5, 5.41) is 10.6. The van der Waals surface area contributed by atoms with E-state index in [1.165, 1.54) is 0 Å². The summed E-state index contributed by atoms with van der Waals surface area (Å²) in [4.78, 5) is 11.2. The van der Waals surface area contributed by atoms with E-state index in [1.54, 1.807) is 6.92 Å². The van der Waals surface area contributed by atoms with E-state index in [9.17, 15) is 9.90 Å². The number of benzene rings is 1. The van der Waals surface area contributed by atoms with Crippen LogP contribution >= 0.6 is 0 Å². The number of rotatable bonds is 3. The highest BCUT2D eigenvalue weighted by Gasteiger charge is 2.26. The van der Waals surface area contributed by atoms with E-state index in [2.05, 4.69) is 41.5 Å². The van der Waals surface area contributed by atoms with Crippen molar-refractivity contribution in [3.8, 4) is 5.75 Å². The number of Topliss-reactive ketones (excluding diaryl/α,β-unsaturated/α-hetero) is 1. The number of phenolic OH excluding ortho intramolecular Hbond substituents is 1. The average Bonchev–Trinajstić information content (AvgIpc) is 2.24. The Labute approximate surface area is 130 Å². The first-order valence-corrected chi connectivity index (χ1v) is 7.29. The van der Waals surface area contributed by atoms with E-state index in [0.29, 0.717) is 12.2 Å². The van der Waals surface area contributed by atoms with Crippen LogP contribution in [0.3, 0.4) is 0 Å². The highest BCUT2D eigenvalue weighted by molar-refractivity contribution is 5.75. The van der Waals surface area contributed by atoms with Gasteiger partial charge in [0.1, 0.15) is 11.5 Å². The average molecular weight is 292 g/mol. The van der Waals surface area contributed by atoms with Gasteiger partial charge in [-0.1, -0.05) is 61.1 Å². The van der Waals surface area contributed by atoms with Crippen molar-refractivity contribution in [1.29, 1.82) is 0 Å². The molecule has 0 aliphatic carbocycles. The molecular weight excluding hydrogens is 260 g/mol. The van der Waals surface area contributed by atoms with Crippen molar-refractivity contribution in [3.05, 3.63) is 28.8 Å². The molecule has 2 nitrogen and oxygen atoms in total. The maximum absolute atomic E-state index is 11.2. The number of ketones is 1.